The van der Waals surface area contributed by atoms with Crippen LogP contribution in [0.3, 0.4) is 0 Å². The van der Waals surface area contributed by atoms with Crippen LogP contribution in [0.4, 0.5) is 0 Å². The topological polar surface area (TPSA) is 73.6 Å². The van der Waals surface area contributed by atoms with Crippen molar-refractivity contribution in [3.8, 4) is 11.8 Å². The summed E-state index contributed by atoms with van der Waals surface area (Å²) >= 11 is 0. The van der Waals surface area contributed by atoms with Crippen molar-refractivity contribution in [3.63, 3.8) is 0 Å². The highest BCUT2D eigenvalue weighted by molar-refractivity contribution is 7.85. The zero-order chi connectivity index (χ0) is 14.4. The van der Waals surface area contributed by atoms with E-state index in [4.69, 9.17) is 10.00 Å². The van der Waals surface area contributed by atoms with Gasteiger partial charge in [0.2, 0.25) is 0 Å². The van der Waals surface area contributed by atoms with Gasteiger partial charge in [-0.25, -0.2) is 0 Å². The summed E-state index contributed by atoms with van der Waals surface area (Å²) in [6.45, 7) is 2.23. The first-order valence-corrected chi connectivity index (χ1v) is 8.04. The minimum atomic E-state index is -0.698. The number of hydrogen-bond acceptors (Lipinski definition) is 5. The maximum absolute atomic E-state index is 11.2. The van der Waals surface area contributed by atoms with E-state index in [1.165, 1.54) is 0 Å². The summed E-state index contributed by atoms with van der Waals surface area (Å²) in [6, 6.07) is 8.91. The van der Waals surface area contributed by atoms with Crippen LogP contribution >= 0.6 is 0 Å². The Hall–Kier alpha value is -1.42. The van der Waals surface area contributed by atoms with Gasteiger partial charge in [0, 0.05) is 41.9 Å². The van der Waals surface area contributed by atoms with Gasteiger partial charge < -0.3 is 9.84 Å². The van der Waals surface area contributed by atoms with Gasteiger partial charge in [-0.15, -0.1) is 0 Å². The standard InChI is InChI=1S/C14H18N2O3S/c15-9-12-2-1-3-14(8-12)19-11-13(17)10-16-4-6-20(18)7-5-16/h1-3,8,13,17H,4-7,10-11H2. The molecule has 1 fully saturated rings. The third kappa shape index (κ3) is 4.60. The van der Waals surface area contributed by atoms with Gasteiger partial charge in [-0.2, -0.15) is 5.26 Å². The third-order valence-corrected chi connectivity index (χ3v) is 4.42. The summed E-state index contributed by atoms with van der Waals surface area (Å²) in [5.74, 6) is 1.94. The number of hydrogen-bond donors (Lipinski definition) is 1. The number of aliphatic hydroxyl groups excluding tert-OH is 1. The Kier molecular flexibility index (Phi) is 5.53. The molecule has 1 N–H and O–H groups in total. The summed E-state index contributed by atoms with van der Waals surface area (Å²) in [7, 11) is -0.698. The van der Waals surface area contributed by atoms with Gasteiger partial charge >= 0.3 is 0 Å². The molecule has 0 aliphatic carbocycles. The molecule has 6 heteroatoms. The maximum Gasteiger partial charge on any atom is 0.120 e. The van der Waals surface area contributed by atoms with E-state index in [1.54, 1.807) is 24.3 Å². The highest BCUT2D eigenvalue weighted by atomic mass is 32.2. The van der Waals surface area contributed by atoms with Crippen LogP contribution in [0.5, 0.6) is 5.75 Å². The predicted molar refractivity (Wildman–Crippen MR) is 77.0 cm³/mol. The summed E-state index contributed by atoms with van der Waals surface area (Å²) in [4.78, 5) is 2.10. The Bertz CT molecular complexity index is 505. The molecule has 1 saturated heterocycles. The molecule has 0 radical (unpaired) electrons. The Balaban J connectivity index is 1.76. The van der Waals surface area contributed by atoms with Crippen LogP contribution in [0.15, 0.2) is 24.3 Å². The Morgan fingerprint density at radius 3 is 2.90 bits per heavy atom. The third-order valence-electron chi connectivity index (χ3n) is 3.14. The number of rotatable bonds is 5. The van der Waals surface area contributed by atoms with Gasteiger partial charge in [0.1, 0.15) is 18.5 Å². The number of nitrogens with zero attached hydrogens (tertiary/aromatic N) is 2. The van der Waals surface area contributed by atoms with Crippen LogP contribution in [-0.4, -0.2) is 58.1 Å². The van der Waals surface area contributed by atoms with Crippen LogP contribution in [0, 0.1) is 11.3 Å². The van der Waals surface area contributed by atoms with E-state index < -0.39 is 16.9 Å². The first kappa shape index (κ1) is 15.0. The molecule has 1 aromatic rings. The highest BCUT2D eigenvalue weighted by Crippen LogP contribution is 2.13. The van der Waals surface area contributed by atoms with Gasteiger partial charge in [0.25, 0.3) is 0 Å². The monoisotopic (exact) mass is 294 g/mol. The molecule has 2 rings (SSSR count). The summed E-state index contributed by atoms with van der Waals surface area (Å²) in [6.07, 6.45) is -0.590. The predicted octanol–water partition coefficient (Wildman–Crippen LogP) is 0.362. The lowest BCUT2D eigenvalue weighted by Gasteiger charge is -2.28. The van der Waals surface area contributed by atoms with Crippen molar-refractivity contribution < 1.29 is 14.1 Å². The largest absolute Gasteiger partial charge is 0.491 e. The van der Waals surface area contributed by atoms with Crippen molar-refractivity contribution in [3.05, 3.63) is 29.8 Å². The fourth-order valence-electron chi connectivity index (χ4n) is 2.06. The molecule has 1 aromatic carbocycles. The zero-order valence-electron chi connectivity index (χ0n) is 11.2. The number of ether oxygens (including phenoxy) is 1. The van der Waals surface area contributed by atoms with Crippen LogP contribution in [0.1, 0.15) is 5.56 Å². The quantitative estimate of drug-likeness (QED) is 0.849. The lowest BCUT2D eigenvalue weighted by Crippen LogP contribution is -2.43. The molecule has 0 amide bonds. The molecule has 1 unspecified atom stereocenters. The van der Waals surface area contributed by atoms with Crippen LogP contribution in [0.25, 0.3) is 0 Å². The molecule has 1 aliphatic heterocycles. The van der Waals surface area contributed by atoms with Crippen molar-refractivity contribution >= 4 is 10.8 Å². The lowest BCUT2D eigenvalue weighted by molar-refractivity contribution is 0.0713. The van der Waals surface area contributed by atoms with E-state index in [2.05, 4.69) is 4.90 Å². The molecule has 5 nitrogen and oxygen atoms in total. The smallest absolute Gasteiger partial charge is 0.120 e. The second kappa shape index (κ2) is 7.39. The SMILES string of the molecule is N#Cc1cccc(OCC(O)CN2CCS(=O)CC2)c1. The van der Waals surface area contributed by atoms with Crippen LogP contribution in [0.2, 0.25) is 0 Å². The van der Waals surface area contributed by atoms with Gasteiger partial charge in [-0.3, -0.25) is 9.11 Å². The fourth-order valence-corrected chi connectivity index (χ4v) is 3.18. The van der Waals surface area contributed by atoms with E-state index in [0.29, 0.717) is 29.4 Å². The fraction of sp³-hybridized carbons (Fsp3) is 0.500. The molecule has 1 atom stereocenters. The van der Waals surface area contributed by atoms with Gasteiger partial charge in [0.05, 0.1) is 11.6 Å². The Morgan fingerprint density at radius 2 is 2.20 bits per heavy atom. The number of β-amino-alcohol motifs (C(OH)–C–C–N with tert-alkyl or cyclic N) is 1. The molecular formula is C14H18N2O3S. The number of benzene rings is 1. The van der Waals surface area contributed by atoms with Crippen molar-refractivity contribution in [1.82, 2.24) is 4.90 Å². The minimum Gasteiger partial charge on any atom is -0.491 e. The molecule has 0 saturated carbocycles. The van der Waals surface area contributed by atoms with Crippen molar-refractivity contribution in [2.75, 3.05) is 37.7 Å². The molecule has 108 valence electrons. The molecule has 20 heavy (non-hydrogen) atoms. The molecule has 0 bridgehead atoms. The van der Waals surface area contributed by atoms with E-state index in [-0.39, 0.29) is 6.61 Å². The zero-order valence-corrected chi connectivity index (χ0v) is 12.0. The van der Waals surface area contributed by atoms with Gasteiger partial charge in [-0.1, -0.05) is 6.07 Å². The van der Waals surface area contributed by atoms with E-state index >= 15 is 0 Å². The van der Waals surface area contributed by atoms with Crippen LogP contribution < -0.4 is 4.74 Å². The summed E-state index contributed by atoms with van der Waals surface area (Å²) in [5, 5.41) is 18.7. The molecule has 0 spiro atoms. The number of nitriles is 1. The summed E-state index contributed by atoms with van der Waals surface area (Å²) in [5.41, 5.74) is 0.537. The normalized spacial score (nSPS) is 18.4. The number of aliphatic hydroxyl groups is 1. The molecule has 1 aliphatic rings. The highest BCUT2D eigenvalue weighted by Gasteiger charge is 2.18. The lowest BCUT2D eigenvalue weighted by atomic mass is 10.2. The van der Waals surface area contributed by atoms with Crippen molar-refractivity contribution in [2.45, 2.75) is 6.10 Å². The van der Waals surface area contributed by atoms with E-state index in [9.17, 15) is 9.32 Å². The summed E-state index contributed by atoms with van der Waals surface area (Å²) < 4.78 is 16.7. The molecular weight excluding hydrogens is 276 g/mol. The second-order valence-electron chi connectivity index (χ2n) is 4.75. The molecule has 0 aromatic heterocycles. The maximum atomic E-state index is 11.2. The molecule has 1 heterocycles. The first-order valence-electron chi connectivity index (χ1n) is 6.56. The average Bonchev–Trinajstić information content (AvgIpc) is 2.48. The van der Waals surface area contributed by atoms with E-state index in [1.807, 2.05) is 6.07 Å². The van der Waals surface area contributed by atoms with Gasteiger partial charge in [0.15, 0.2) is 0 Å². The van der Waals surface area contributed by atoms with Crippen molar-refractivity contribution in [1.29, 1.82) is 5.26 Å². The van der Waals surface area contributed by atoms with Crippen LogP contribution in [-0.2, 0) is 10.8 Å². The average molecular weight is 294 g/mol. The van der Waals surface area contributed by atoms with Crippen molar-refractivity contribution in [2.24, 2.45) is 0 Å². The Morgan fingerprint density at radius 1 is 1.45 bits per heavy atom. The minimum absolute atomic E-state index is 0.189. The second-order valence-corrected chi connectivity index (χ2v) is 6.45. The van der Waals surface area contributed by atoms with Gasteiger partial charge in [-0.05, 0) is 18.2 Å². The first-order chi connectivity index (χ1) is 9.67. The van der Waals surface area contributed by atoms with E-state index in [0.717, 1.165) is 13.1 Å². The Labute approximate surface area is 121 Å².